The summed E-state index contributed by atoms with van der Waals surface area (Å²) in [6.07, 6.45) is -2.46. The maximum atomic E-state index is 15.1. The van der Waals surface area contributed by atoms with Gasteiger partial charge in [0.2, 0.25) is 5.91 Å². The number of hydrogen-bond donors (Lipinski definition) is 1. The molecule has 0 saturated carbocycles. The molecule has 1 aromatic heterocycles. The summed E-state index contributed by atoms with van der Waals surface area (Å²) in [6.45, 7) is 9.75. The van der Waals surface area contributed by atoms with Crippen LogP contribution >= 0.6 is 20.8 Å². The minimum absolute atomic E-state index is 0.0819. The number of nitrogens with one attached hydrogen (secondary N) is 1. The smallest absolute Gasteiger partial charge is 0.351 e. The summed E-state index contributed by atoms with van der Waals surface area (Å²) in [5, 5.41) is 2.52. The quantitative estimate of drug-likeness (QED) is 0.327. The third-order valence-corrected chi connectivity index (χ3v) is 6.66. The van der Waals surface area contributed by atoms with Gasteiger partial charge in [-0.25, -0.2) is 9.18 Å². The van der Waals surface area contributed by atoms with Crippen molar-refractivity contribution in [3.8, 4) is 0 Å². The minimum atomic E-state index is -1.61. The van der Waals surface area contributed by atoms with E-state index in [1.54, 1.807) is 0 Å². The Hall–Kier alpha value is -1.43. The number of rotatable bonds is 12. The van der Waals surface area contributed by atoms with E-state index >= 15 is 4.39 Å². The number of aromatic nitrogens is 2. The highest BCUT2D eigenvalue weighted by atomic mass is 32.2. The Bertz CT molecular complexity index is 883. The second kappa shape index (κ2) is 13.6. The van der Waals surface area contributed by atoms with Crippen molar-refractivity contribution in [1.82, 2.24) is 9.55 Å². The van der Waals surface area contributed by atoms with Gasteiger partial charge in [0.25, 0.3) is 0 Å². The first-order valence-corrected chi connectivity index (χ1v) is 12.8. The van der Waals surface area contributed by atoms with Crippen molar-refractivity contribution in [1.29, 1.82) is 0 Å². The number of anilines is 1. The highest BCUT2D eigenvalue weighted by Gasteiger charge is 2.46. The van der Waals surface area contributed by atoms with Gasteiger partial charge >= 0.3 is 5.69 Å². The molecule has 10 nitrogen and oxygen atoms in total. The largest absolute Gasteiger partial charge is 0.378 e. The van der Waals surface area contributed by atoms with Crippen LogP contribution in [0, 0.1) is 5.41 Å². The molecular formula is C21H33FN3O7PS. The Morgan fingerprint density at radius 1 is 1.32 bits per heavy atom. The Morgan fingerprint density at radius 2 is 2.06 bits per heavy atom. The molecule has 1 aliphatic heterocycles. The Kier molecular flexibility index (Phi) is 11.5. The van der Waals surface area contributed by atoms with Gasteiger partial charge in [0.15, 0.2) is 26.5 Å². The molecule has 1 saturated heterocycles. The molecule has 2 rings (SSSR count). The van der Waals surface area contributed by atoms with Crippen LogP contribution in [0.25, 0.3) is 0 Å². The summed E-state index contributed by atoms with van der Waals surface area (Å²) in [4.78, 5) is 39.0. The zero-order valence-corrected chi connectivity index (χ0v) is 21.9. The molecule has 1 aliphatic rings. The molecule has 192 valence electrons. The molecule has 34 heavy (non-hydrogen) atoms. The van der Waals surface area contributed by atoms with Crippen LogP contribution in [-0.4, -0.2) is 64.5 Å². The van der Waals surface area contributed by atoms with Crippen LogP contribution in [0.3, 0.4) is 0 Å². The summed E-state index contributed by atoms with van der Waals surface area (Å²) in [7, 11) is -0.429. The summed E-state index contributed by atoms with van der Waals surface area (Å²) in [5.41, 5.74) is -1.12. The highest BCUT2D eigenvalue weighted by Crippen LogP contribution is 2.37. The van der Waals surface area contributed by atoms with E-state index in [1.165, 1.54) is 30.9 Å². The molecule has 0 bridgehead atoms. The molecule has 2 heterocycles. The highest BCUT2D eigenvalue weighted by molar-refractivity contribution is 8.13. The fourth-order valence-corrected chi connectivity index (χ4v) is 4.43. The number of carbonyl (C=O) groups excluding carboxylic acids is 2. The normalized spacial score (nSPS) is 23.0. The Labute approximate surface area is 204 Å². The van der Waals surface area contributed by atoms with Crippen molar-refractivity contribution in [3.05, 3.63) is 22.7 Å². The van der Waals surface area contributed by atoms with Gasteiger partial charge in [-0.05, 0) is 12.5 Å². The molecule has 13 heteroatoms. The molecular weight excluding hydrogens is 488 g/mol. The zero-order chi connectivity index (χ0) is 25.3. The van der Waals surface area contributed by atoms with Gasteiger partial charge in [0.05, 0.1) is 25.9 Å². The molecule has 0 radical (unpaired) electrons. The van der Waals surface area contributed by atoms with Gasteiger partial charge in [0, 0.05) is 24.3 Å². The lowest BCUT2D eigenvalue weighted by Gasteiger charge is -2.18. The van der Waals surface area contributed by atoms with Gasteiger partial charge in [-0.1, -0.05) is 39.5 Å². The van der Waals surface area contributed by atoms with E-state index in [2.05, 4.69) is 10.3 Å². The molecule has 5 atom stereocenters. The summed E-state index contributed by atoms with van der Waals surface area (Å²) in [6, 6.07) is 1.40. The second-order valence-corrected chi connectivity index (χ2v) is 10.4. The number of ether oxygens (including phenoxy) is 2. The van der Waals surface area contributed by atoms with E-state index in [0.717, 1.165) is 4.57 Å². The number of alkyl halides is 1. The third kappa shape index (κ3) is 8.66. The fourth-order valence-electron chi connectivity index (χ4n) is 2.99. The van der Waals surface area contributed by atoms with Crippen LogP contribution in [-0.2, 0) is 28.1 Å². The number of hydrogen-bond acceptors (Lipinski definition) is 9. The van der Waals surface area contributed by atoms with E-state index in [4.69, 9.17) is 18.5 Å². The van der Waals surface area contributed by atoms with Crippen LogP contribution in [0.15, 0.2) is 17.1 Å². The lowest BCUT2D eigenvalue weighted by Crippen LogP contribution is -2.33. The van der Waals surface area contributed by atoms with E-state index in [0.29, 0.717) is 25.4 Å². The monoisotopic (exact) mass is 521 g/mol. The Morgan fingerprint density at radius 3 is 2.68 bits per heavy atom. The zero-order valence-electron chi connectivity index (χ0n) is 20.0. The SMILES string of the molecule is CC[C@H]1O[C@@H](n2ccc(NC(C)=O)nc2=O)[C@@H](F)C1OPOCCOCCSC(=O)C(C)(C)C. The number of halogens is 1. The topological polar surface area (TPSA) is 118 Å². The Balaban J connectivity index is 1.74. The third-order valence-electron chi connectivity index (χ3n) is 4.72. The molecule has 1 N–H and O–H groups in total. The number of nitrogens with zero attached hydrogens (tertiary/aromatic N) is 2. The average molecular weight is 522 g/mol. The second-order valence-electron chi connectivity index (χ2n) is 8.61. The first-order chi connectivity index (χ1) is 16.0. The minimum Gasteiger partial charge on any atom is -0.378 e. The molecule has 1 fully saturated rings. The maximum absolute atomic E-state index is 15.1. The molecule has 1 aromatic rings. The number of carbonyl (C=O) groups is 2. The van der Waals surface area contributed by atoms with Crippen LogP contribution in [0.5, 0.6) is 0 Å². The van der Waals surface area contributed by atoms with Crippen molar-refractivity contribution in [2.24, 2.45) is 5.41 Å². The predicted octanol–water partition coefficient (Wildman–Crippen LogP) is 3.08. The van der Waals surface area contributed by atoms with Gasteiger partial charge in [-0.15, -0.1) is 0 Å². The van der Waals surface area contributed by atoms with Crippen LogP contribution in [0.4, 0.5) is 10.2 Å². The number of thioether (sulfide) groups is 1. The first kappa shape index (κ1) is 28.8. The van der Waals surface area contributed by atoms with Crippen molar-refractivity contribution in [2.75, 3.05) is 30.9 Å². The first-order valence-electron chi connectivity index (χ1n) is 11.0. The van der Waals surface area contributed by atoms with Gasteiger partial charge in [0.1, 0.15) is 11.9 Å². The van der Waals surface area contributed by atoms with E-state index < -0.39 is 39.3 Å². The molecule has 1 amide bonds. The van der Waals surface area contributed by atoms with Crippen molar-refractivity contribution >= 4 is 37.6 Å². The van der Waals surface area contributed by atoms with Gasteiger partial charge in [-0.2, -0.15) is 4.98 Å². The number of amides is 1. The van der Waals surface area contributed by atoms with Crippen LogP contribution in [0.2, 0.25) is 0 Å². The van der Waals surface area contributed by atoms with E-state index in [9.17, 15) is 14.4 Å². The fraction of sp³-hybridized carbons (Fsp3) is 0.714. The molecule has 0 aliphatic carbocycles. The molecule has 0 aromatic carbocycles. The molecule has 0 spiro atoms. The summed E-state index contributed by atoms with van der Waals surface area (Å²) in [5.74, 6) is 0.279. The average Bonchev–Trinajstić information content (AvgIpc) is 3.06. The van der Waals surface area contributed by atoms with Gasteiger partial charge in [-0.3, -0.25) is 14.2 Å². The molecule has 2 unspecified atom stereocenters. The lowest BCUT2D eigenvalue weighted by atomic mass is 10.00. The maximum Gasteiger partial charge on any atom is 0.351 e. The van der Waals surface area contributed by atoms with Crippen molar-refractivity contribution < 1.29 is 32.5 Å². The summed E-state index contributed by atoms with van der Waals surface area (Å²) >= 11 is 1.24. The van der Waals surface area contributed by atoms with Crippen LogP contribution in [0.1, 0.15) is 47.3 Å². The lowest BCUT2D eigenvalue weighted by molar-refractivity contribution is -0.117. The van der Waals surface area contributed by atoms with Crippen LogP contribution < -0.4 is 11.0 Å². The van der Waals surface area contributed by atoms with Crippen molar-refractivity contribution in [2.45, 2.75) is 65.6 Å². The summed E-state index contributed by atoms with van der Waals surface area (Å²) < 4.78 is 38.3. The standard InChI is InChI=1S/C21H33FN3O7PS/c1-6-14-17(32-33-30-10-9-29-11-12-34-19(27)21(3,4)5)16(22)18(31-14)25-8-7-15(23-13(2)26)24-20(25)28/h7-8,14,16-18,33H,6,9-12H2,1-5H3,(H,23,24,26,28)/t14-,16+,17?,18-/m1/s1. The van der Waals surface area contributed by atoms with Gasteiger partial charge < -0.3 is 23.8 Å². The van der Waals surface area contributed by atoms with E-state index in [1.807, 2.05) is 27.7 Å². The van der Waals surface area contributed by atoms with Crippen molar-refractivity contribution in [3.63, 3.8) is 0 Å². The van der Waals surface area contributed by atoms with E-state index in [-0.39, 0.29) is 28.9 Å². The predicted molar refractivity (Wildman–Crippen MR) is 129 cm³/mol.